The van der Waals surface area contributed by atoms with Crippen molar-refractivity contribution in [1.82, 2.24) is 14.7 Å². The lowest BCUT2D eigenvalue weighted by Crippen LogP contribution is -2.45. The van der Waals surface area contributed by atoms with Crippen molar-refractivity contribution < 1.29 is 9.90 Å². The summed E-state index contributed by atoms with van der Waals surface area (Å²) in [6, 6.07) is 8.46. The van der Waals surface area contributed by atoms with Crippen molar-refractivity contribution in [2.75, 3.05) is 46.3 Å². The molecule has 1 aromatic carbocycles. The Morgan fingerprint density at radius 2 is 1.95 bits per heavy atom. The molecule has 2 aliphatic rings. The topological polar surface area (TPSA) is 47.0 Å². The summed E-state index contributed by atoms with van der Waals surface area (Å²) in [5.74, 6) is 0.133. The molecular formula is C17H25N3O2. The minimum Gasteiger partial charge on any atom is -0.390 e. The zero-order chi connectivity index (χ0) is 15.5. The van der Waals surface area contributed by atoms with Crippen LogP contribution in [-0.4, -0.2) is 78.1 Å². The fourth-order valence-electron chi connectivity index (χ4n) is 3.35. The SMILES string of the molecule is CN1CCN(C(=O)CN2CCc3ccccc3C2)CC(O)C1. The largest absolute Gasteiger partial charge is 0.390 e. The Kier molecular flexibility index (Phi) is 4.76. The number of aliphatic hydroxyl groups is 1. The number of amides is 1. The van der Waals surface area contributed by atoms with Crippen LogP contribution in [0.2, 0.25) is 0 Å². The third-order valence-corrected chi connectivity index (χ3v) is 4.63. The standard InChI is InChI=1S/C17H25N3O2/c1-18-8-9-20(12-16(21)11-18)17(22)13-19-7-6-14-4-2-3-5-15(14)10-19/h2-5,16,21H,6-13H2,1H3. The molecule has 1 fully saturated rings. The number of benzene rings is 1. The van der Waals surface area contributed by atoms with Crippen LogP contribution in [0.1, 0.15) is 11.1 Å². The van der Waals surface area contributed by atoms with E-state index in [2.05, 4.69) is 34.1 Å². The van der Waals surface area contributed by atoms with Gasteiger partial charge in [0, 0.05) is 39.3 Å². The molecule has 1 saturated heterocycles. The number of rotatable bonds is 2. The lowest BCUT2D eigenvalue weighted by atomic mass is 10.00. The molecular weight excluding hydrogens is 278 g/mol. The molecule has 1 amide bonds. The molecule has 0 aliphatic carbocycles. The van der Waals surface area contributed by atoms with Crippen molar-refractivity contribution in [3.63, 3.8) is 0 Å². The number of likely N-dealkylation sites (N-methyl/N-ethyl adjacent to an activating group) is 1. The Balaban J connectivity index is 1.58. The highest BCUT2D eigenvalue weighted by molar-refractivity contribution is 5.78. The van der Waals surface area contributed by atoms with Gasteiger partial charge in [-0.05, 0) is 24.6 Å². The molecule has 5 nitrogen and oxygen atoms in total. The number of carbonyl (C=O) groups is 1. The summed E-state index contributed by atoms with van der Waals surface area (Å²) in [5.41, 5.74) is 2.73. The first kappa shape index (κ1) is 15.5. The van der Waals surface area contributed by atoms with Crippen LogP contribution in [-0.2, 0) is 17.8 Å². The van der Waals surface area contributed by atoms with Gasteiger partial charge in [0.15, 0.2) is 0 Å². The highest BCUT2D eigenvalue weighted by atomic mass is 16.3. The molecule has 0 radical (unpaired) electrons. The van der Waals surface area contributed by atoms with Crippen LogP contribution in [0.4, 0.5) is 0 Å². The van der Waals surface area contributed by atoms with Gasteiger partial charge in [0.1, 0.15) is 0 Å². The number of hydrogen-bond donors (Lipinski definition) is 1. The van der Waals surface area contributed by atoms with E-state index in [9.17, 15) is 9.90 Å². The van der Waals surface area contributed by atoms with E-state index in [4.69, 9.17) is 0 Å². The Hall–Kier alpha value is -1.43. The van der Waals surface area contributed by atoms with E-state index in [-0.39, 0.29) is 5.91 Å². The van der Waals surface area contributed by atoms with E-state index < -0.39 is 6.10 Å². The summed E-state index contributed by atoms with van der Waals surface area (Å²) in [4.78, 5) is 18.6. The third kappa shape index (κ3) is 3.66. The van der Waals surface area contributed by atoms with Gasteiger partial charge in [-0.2, -0.15) is 0 Å². The van der Waals surface area contributed by atoms with Crippen molar-refractivity contribution >= 4 is 5.91 Å². The van der Waals surface area contributed by atoms with Gasteiger partial charge in [0.25, 0.3) is 0 Å². The van der Waals surface area contributed by atoms with Crippen molar-refractivity contribution in [3.8, 4) is 0 Å². The van der Waals surface area contributed by atoms with Crippen molar-refractivity contribution in [2.24, 2.45) is 0 Å². The van der Waals surface area contributed by atoms with Crippen LogP contribution in [0.15, 0.2) is 24.3 Å². The first-order valence-electron chi connectivity index (χ1n) is 8.05. The van der Waals surface area contributed by atoms with Crippen LogP contribution in [0.25, 0.3) is 0 Å². The van der Waals surface area contributed by atoms with Crippen molar-refractivity contribution in [3.05, 3.63) is 35.4 Å². The van der Waals surface area contributed by atoms with Gasteiger partial charge in [-0.15, -0.1) is 0 Å². The molecule has 2 heterocycles. The maximum Gasteiger partial charge on any atom is 0.236 e. The number of hydrogen-bond acceptors (Lipinski definition) is 4. The smallest absolute Gasteiger partial charge is 0.236 e. The second kappa shape index (κ2) is 6.77. The van der Waals surface area contributed by atoms with Gasteiger partial charge >= 0.3 is 0 Å². The highest BCUT2D eigenvalue weighted by Gasteiger charge is 2.25. The van der Waals surface area contributed by atoms with E-state index in [0.29, 0.717) is 26.2 Å². The van der Waals surface area contributed by atoms with E-state index in [1.807, 2.05) is 11.9 Å². The Morgan fingerprint density at radius 1 is 1.18 bits per heavy atom. The Bertz CT molecular complexity index is 534. The Morgan fingerprint density at radius 3 is 2.77 bits per heavy atom. The van der Waals surface area contributed by atoms with Gasteiger partial charge in [-0.1, -0.05) is 24.3 Å². The summed E-state index contributed by atoms with van der Waals surface area (Å²) in [5, 5.41) is 9.97. The van der Waals surface area contributed by atoms with Gasteiger partial charge in [-0.3, -0.25) is 9.69 Å². The Labute approximate surface area is 132 Å². The molecule has 1 N–H and O–H groups in total. The van der Waals surface area contributed by atoms with Crippen LogP contribution in [0, 0.1) is 0 Å². The maximum atomic E-state index is 12.5. The molecule has 1 atom stereocenters. The molecule has 1 aromatic rings. The van der Waals surface area contributed by atoms with Crippen molar-refractivity contribution in [1.29, 1.82) is 0 Å². The number of carbonyl (C=O) groups excluding carboxylic acids is 1. The molecule has 0 bridgehead atoms. The summed E-state index contributed by atoms with van der Waals surface area (Å²) < 4.78 is 0. The molecule has 22 heavy (non-hydrogen) atoms. The van der Waals surface area contributed by atoms with E-state index in [0.717, 1.165) is 26.1 Å². The average Bonchev–Trinajstić information content (AvgIpc) is 2.67. The predicted molar refractivity (Wildman–Crippen MR) is 85.5 cm³/mol. The summed E-state index contributed by atoms with van der Waals surface area (Å²) >= 11 is 0. The number of aliphatic hydroxyl groups excluding tert-OH is 1. The first-order chi connectivity index (χ1) is 10.6. The number of nitrogens with zero attached hydrogens (tertiary/aromatic N) is 3. The number of fused-ring (bicyclic) bond motifs is 1. The first-order valence-corrected chi connectivity index (χ1v) is 8.05. The maximum absolute atomic E-state index is 12.5. The monoisotopic (exact) mass is 303 g/mol. The quantitative estimate of drug-likeness (QED) is 0.847. The van der Waals surface area contributed by atoms with Gasteiger partial charge in [-0.25, -0.2) is 0 Å². The average molecular weight is 303 g/mol. The normalized spacial score (nSPS) is 23.9. The molecule has 0 aromatic heterocycles. The molecule has 2 aliphatic heterocycles. The van der Waals surface area contributed by atoms with Gasteiger partial charge in [0.2, 0.25) is 5.91 Å². The van der Waals surface area contributed by atoms with Gasteiger partial charge < -0.3 is 14.9 Å². The number of β-amino-alcohol motifs (C(OH)–C–C–N with tert-alkyl or cyclic N) is 1. The predicted octanol–water partition coefficient (Wildman–Crippen LogP) is 0.180. The van der Waals surface area contributed by atoms with Crippen molar-refractivity contribution in [2.45, 2.75) is 19.1 Å². The van der Waals surface area contributed by atoms with Crippen LogP contribution >= 0.6 is 0 Å². The fraction of sp³-hybridized carbons (Fsp3) is 0.588. The zero-order valence-electron chi connectivity index (χ0n) is 13.2. The molecule has 120 valence electrons. The third-order valence-electron chi connectivity index (χ3n) is 4.63. The van der Waals surface area contributed by atoms with Crippen LogP contribution in [0.3, 0.4) is 0 Å². The van der Waals surface area contributed by atoms with Crippen LogP contribution < -0.4 is 0 Å². The van der Waals surface area contributed by atoms with Gasteiger partial charge in [0.05, 0.1) is 12.6 Å². The summed E-state index contributed by atoms with van der Waals surface area (Å²) in [6.45, 7) is 4.85. The highest BCUT2D eigenvalue weighted by Crippen LogP contribution is 2.18. The second-order valence-corrected chi connectivity index (χ2v) is 6.49. The lowest BCUT2D eigenvalue weighted by Gasteiger charge is -2.30. The molecule has 1 unspecified atom stereocenters. The zero-order valence-corrected chi connectivity index (χ0v) is 13.2. The molecule has 3 rings (SSSR count). The summed E-state index contributed by atoms with van der Waals surface area (Å²) in [6.07, 6.45) is 0.563. The molecule has 0 saturated carbocycles. The second-order valence-electron chi connectivity index (χ2n) is 6.49. The molecule has 0 spiro atoms. The van der Waals surface area contributed by atoms with Crippen LogP contribution in [0.5, 0.6) is 0 Å². The van der Waals surface area contributed by atoms with E-state index in [1.165, 1.54) is 11.1 Å². The minimum atomic E-state index is -0.446. The van der Waals surface area contributed by atoms with E-state index >= 15 is 0 Å². The fourth-order valence-corrected chi connectivity index (χ4v) is 3.35. The molecule has 5 heteroatoms. The summed E-state index contributed by atoms with van der Waals surface area (Å²) in [7, 11) is 1.98. The minimum absolute atomic E-state index is 0.133. The van der Waals surface area contributed by atoms with E-state index in [1.54, 1.807) is 0 Å². The lowest BCUT2D eigenvalue weighted by molar-refractivity contribution is -0.133.